The number of carbonyl (C=O) groups excluding carboxylic acids is 2. The summed E-state index contributed by atoms with van der Waals surface area (Å²) in [7, 11) is 0. The molecule has 0 saturated heterocycles. The average Bonchev–Trinajstić information content (AvgIpc) is 2.67. The smallest absolute Gasteiger partial charge is 0.270 e. The number of hydrogen-bond donors (Lipinski definition) is 3. The molecular formula is C20H22N4O4. The van der Waals surface area contributed by atoms with E-state index in [9.17, 15) is 19.7 Å². The van der Waals surface area contributed by atoms with Crippen LogP contribution >= 0.6 is 0 Å². The Balaban J connectivity index is 1.65. The summed E-state index contributed by atoms with van der Waals surface area (Å²) >= 11 is 0. The first-order chi connectivity index (χ1) is 13.3. The third kappa shape index (κ3) is 4.28. The molecular weight excluding hydrogens is 360 g/mol. The minimum atomic E-state index is -0.786. The van der Waals surface area contributed by atoms with Gasteiger partial charge >= 0.3 is 0 Å². The third-order valence-electron chi connectivity index (χ3n) is 4.86. The molecule has 2 aromatic carbocycles. The number of anilines is 1. The molecule has 0 fully saturated rings. The van der Waals surface area contributed by atoms with Crippen molar-refractivity contribution in [2.75, 3.05) is 5.73 Å². The van der Waals surface area contributed by atoms with Crippen molar-refractivity contribution in [3.63, 3.8) is 0 Å². The molecule has 0 aromatic heterocycles. The molecule has 0 radical (unpaired) electrons. The van der Waals surface area contributed by atoms with Crippen LogP contribution in [0.3, 0.4) is 0 Å². The third-order valence-corrected chi connectivity index (χ3v) is 4.86. The van der Waals surface area contributed by atoms with Gasteiger partial charge in [-0.05, 0) is 55.5 Å². The van der Waals surface area contributed by atoms with Crippen LogP contribution in [-0.2, 0) is 11.2 Å². The van der Waals surface area contributed by atoms with Gasteiger partial charge in [0.2, 0.25) is 5.91 Å². The van der Waals surface area contributed by atoms with E-state index in [-0.39, 0.29) is 23.2 Å². The lowest BCUT2D eigenvalue weighted by Crippen LogP contribution is -2.46. The zero-order valence-corrected chi connectivity index (χ0v) is 15.5. The fraction of sp³-hybridized carbons (Fsp3) is 0.300. The number of hydrogen-bond acceptors (Lipinski definition) is 5. The average molecular weight is 382 g/mol. The second kappa shape index (κ2) is 8.08. The summed E-state index contributed by atoms with van der Waals surface area (Å²) in [6.07, 6.45) is 2.68. The van der Waals surface area contributed by atoms with Gasteiger partial charge < -0.3 is 16.4 Å². The molecule has 2 aromatic rings. The van der Waals surface area contributed by atoms with Crippen molar-refractivity contribution in [3.05, 3.63) is 69.3 Å². The van der Waals surface area contributed by atoms with Crippen LogP contribution in [0.2, 0.25) is 0 Å². The molecule has 28 heavy (non-hydrogen) atoms. The van der Waals surface area contributed by atoms with Crippen LogP contribution in [0, 0.1) is 10.1 Å². The van der Waals surface area contributed by atoms with Crippen LogP contribution < -0.4 is 16.4 Å². The fourth-order valence-corrected chi connectivity index (χ4v) is 3.39. The van der Waals surface area contributed by atoms with Crippen LogP contribution in [-0.4, -0.2) is 22.8 Å². The first-order valence-electron chi connectivity index (χ1n) is 9.09. The van der Waals surface area contributed by atoms with Crippen LogP contribution in [0.5, 0.6) is 0 Å². The van der Waals surface area contributed by atoms with E-state index in [1.54, 1.807) is 6.92 Å². The van der Waals surface area contributed by atoms with Crippen molar-refractivity contribution in [3.8, 4) is 0 Å². The number of benzene rings is 2. The number of nitro benzene ring substituents is 1. The van der Waals surface area contributed by atoms with E-state index >= 15 is 0 Å². The molecule has 146 valence electrons. The molecule has 0 saturated carbocycles. The van der Waals surface area contributed by atoms with Gasteiger partial charge in [-0.1, -0.05) is 12.1 Å². The van der Waals surface area contributed by atoms with E-state index in [4.69, 9.17) is 5.73 Å². The SMILES string of the molecule is CC(NC(=O)c1cccc([N+](=O)[O-])c1)C(=O)NC1CCCc2cc(N)ccc21. The van der Waals surface area contributed by atoms with Crippen LogP contribution in [0.1, 0.15) is 47.3 Å². The molecule has 0 heterocycles. The predicted molar refractivity (Wildman–Crippen MR) is 105 cm³/mol. The second-order valence-electron chi connectivity index (χ2n) is 6.91. The van der Waals surface area contributed by atoms with Gasteiger partial charge in [-0.3, -0.25) is 19.7 Å². The monoisotopic (exact) mass is 382 g/mol. The van der Waals surface area contributed by atoms with Gasteiger partial charge in [0.25, 0.3) is 11.6 Å². The summed E-state index contributed by atoms with van der Waals surface area (Å²) < 4.78 is 0. The maximum absolute atomic E-state index is 12.6. The number of rotatable bonds is 5. The maximum atomic E-state index is 12.6. The Hall–Kier alpha value is -3.42. The lowest BCUT2D eigenvalue weighted by atomic mass is 9.87. The first-order valence-corrected chi connectivity index (χ1v) is 9.09. The maximum Gasteiger partial charge on any atom is 0.270 e. The van der Waals surface area contributed by atoms with E-state index in [1.807, 2.05) is 18.2 Å². The zero-order valence-electron chi connectivity index (χ0n) is 15.5. The zero-order chi connectivity index (χ0) is 20.3. The Morgan fingerprint density at radius 2 is 2.04 bits per heavy atom. The summed E-state index contributed by atoms with van der Waals surface area (Å²) in [6, 6.07) is 10.2. The molecule has 2 amide bonds. The normalized spacial score (nSPS) is 16.5. The highest BCUT2D eigenvalue weighted by Crippen LogP contribution is 2.31. The van der Waals surface area contributed by atoms with Crippen molar-refractivity contribution in [1.82, 2.24) is 10.6 Å². The van der Waals surface area contributed by atoms with Crippen molar-refractivity contribution in [2.24, 2.45) is 0 Å². The Morgan fingerprint density at radius 3 is 2.79 bits per heavy atom. The van der Waals surface area contributed by atoms with Gasteiger partial charge in [0.1, 0.15) is 6.04 Å². The van der Waals surface area contributed by atoms with E-state index in [1.165, 1.54) is 24.3 Å². The summed E-state index contributed by atoms with van der Waals surface area (Å²) in [5.41, 5.74) is 8.67. The molecule has 8 nitrogen and oxygen atoms in total. The predicted octanol–water partition coefficient (Wildman–Crippen LogP) is 2.49. The number of aryl methyl sites for hydroxylation is 1. The minimum Gasteiger partial charge on any atom is -0.399 e. The van der Waals surface area contributed by atoms with Gasteiger partial charge in [0.05, 0.1) is 11.0 Å². The number of nitrogens with one attached hydrogen (secondary N) is 2. The first kappa shape index (κ1) is 19.3. The Kier molecular flexibility index (Phi) is 5.58. The summed E-state index contributed by atoms with van der Waals surface area (Å²) in [6.45, 7) is 1.58. The van der Waals surface area contributed by atoms with Gasteiger partial charge in [0.15, 0.2) is 0 Å². The van der Waals surface area contributed by atoms with Gasteiger partial charge in [-0.2, -0.15) is 0 Å². The van der Waals surface area contributed by atoms with Crippen molar-refractivity contribution < 1.29 is 14.5 Å². The van der Waals surface area contributed by atoms with Crippen LogP contribution in [0.4, 0.5) is 11.4 Å². The molecule has 2 unspecified atom stereocenters. The number of nitrogens with zero attached hydrogens (tertiary/aromatic N) is 1. The highest BCUT2D eigenvalue weighted by molar-refractivity contribution is 5.97. The van der Waals surface area contributed by atoms with Crippen molar-refractivity contribution in [1.29, 1.82) is 0 Å². The molecule has 1 aliphatic carbocycles. The van der Waals surface area contributed by atoms with Gasteiger partial charge in [-0.15, -0.1) is 0 Å². The van der Waals surface area contributed by atoms with Crippen LogP contribution in [0.15, 0.2) is 42.5 Å². The number of non-ortho nitro benzene ring substituents is 1. The molecule has 1 aliphatic rings. The van der Waals surface area contributed by atoms with Crippen LogP contribution in [0.25, 0.3) is 0 Å². The molecule has 0 spiro atoms. The number of fused-ring (bicyclic) bond motifs is 1. The number of nitrogen functional groups attached to an aromatic ring is 1. The topological polar surface area (TPSA) is 127 Å². The van der Waals surface area contributed by atoms with Gasteiger partial charge in [-0.25, -0.2) is 0 Å². The highest BCUT2D eigenvalue weighted by atomic mass is 16.6. The molecule has 0 aliphatic heterocycles. The highest BCUT2D eigenvalue weighted by Gasteiger charge is 2.25. The molecule has 4 N–H and O–H groups in total. The van der Waals surface area contributed by atoms with Crippen molar-refractivity contribution in [2.45, 2.75) is 38.3 Å². The number of amides is 2. The standard InChI is InChI=1S/C20H22N4O4/c1-12(22-20(26)14-5-2-6-16(11-14)24(27)28)19(25)23-18-7-3-4-13-10-15(21)8-9-17(13)18/h2,5-6,8-12,18H,3-4,7,21H2,1H3,(H,22,26)(H,23,25). The fourth-order valence-electron chi connectivity index (χ4n) is 3.39. The summed E-state index contributed by atoms with van der Waals surface area (Å²) in [4.78, 5) is 35.2. The lowest BCUT2D eigenvalue weighted by molar-refractivity contribution is -0.384. The summed E-state index contributed by atoms with van der Waals surface area (Å²) in [5, 5.41) is 16.4. The van der Waals surface area contributed by atoms with E-state index in [2.05, 4.69) is 10.6 Å². The molecule has 0 bridgehead atoms. The number of nitro groups is 1. The quantitative estimate of drug-likeness (QED) is 0.416. The Morgan fingerprint density at radius 1 is 1.25 bits per heavy atom. The number of nitrogens with two attached hydrogens (primary N) is 1. The van der Waals surface area contributed by atoms with E-state index < -0.39 is 16.9 Å². The van der Waals surface area contributed by atoms with Crippen molar-refractivity contribution >= 4 is 23.2 Å². The summed E-state index contributed by atoms with van der Waals surface area (Å²) in [5.74, 6) is -0.850. The minimum absolute atomic E-state index is 0.131. The Labute approximate surface area is 162 Å². The largest absolute Gasteiger partial charge is 0.399 e. The number of carbonyl (C=O) groups is 2. The molecule has 8 heteroatoms. The lowest BCUT2D eigenvalue weighted by Gasteiger charge is -2.28. The molecule has 2 atom stereocenters. The van der Waals surface area contributed by atoms with E-state index in [0.29, 0.717) is 5.69 Å². The van der Waals surface area contributed by atoms with E-state index in [0.717, 1.165) is 30.4 Å². The Bertz CT molecular complexity index is 928. The molecule has 3 rings (SSSR count). The second-order valence-corrected chi connectivity index (χ2v) is 6.91. The van der Waals surface area contributed by atoms with Gasteiger partial charge in [0, 0.05) is 23.4 Å².